The average Bonchev–Trinajstić information content (AvgIpc) is 2.72. The Kier molecular flexibility index (Phi) is 3.18. The number of fused-ring (bicyclic) bond motifs is 3. The van der Waals surface area contributed by atoms with Gasteiger partial charge in [0, 0.05) is 23.6 Å². The number of carbonyl (C=O) groups is 1. The summed E-state index contributed by atoms with van der Waals surface area (Å²) < 4.78 is 15.1. The number of benzene rings is 1. The predicted molar refractivity (Wildman–Crippen MR) is 74.2 cm³/mol. The number of aliphatic hydroxyl groups is 1. The van der Waals surface area contributed by atoms with Crippen molar-refractivity contribution in [3.8, 4) is 0 Å². The summed E-state index contributed by atoms with van der Waals surface area (Å²) in [5, 5.41) is 9.86. The molecule has 0 aliphatic heterocycles. The van der Waals surface area contributed by atoms with Gasteiger partial charge in [-0.25, -0.2) is 9.18 Å². The lowest BCUT2D eigenvalue weighted by molar-refractivity contribution is 0.250. The molecule has 6 heteroatoms. The zero-order valence-corrected chi connectivity index (χ0v) is 11.4. The summed E-state index contributed by atoms with van der Waals surface area (Å²) in [5.41, 5.74) is 7.59. The van der Waals surface area contributed by atoms with Crippen LogP contribution in [0.3, 0.4) is 0 Å². The van der Waals surface area contributed by atoms with Gasteiger partial charge < -0.3 is 10.8 Å². The van der Waals surface area contributed by atoms with E-state index in [2.05, 4.69) is 0 Å². The first-order valence-corrected chi connectivity index (χ1v) is 6.66. The van der Waals surface area contributed by atoms with Crippen LogP contribution in [0.25, 0.3) is 10.9 Å². The van der Waals surface area contributed by atoms with Gasteiger partial charge in [0.1, 0.15) is 5.82 Å². The fourth-order valence-corrected chi connectivity index (χ4v) is 3.04. The van der Waals surface area contributed by atoms with Gasteiger partial charge in [-0.3, -0.25) is 4.57 Å². The molecule has 105 valence electrons. The maximum Gasteiger partial charge on any atom is 0.323 e. The summed E-state index contributed by atoms with van der Waals surface area (Å²) in [6.07, 6.45) is 1.83. The van der Waals surface area contributed by atoms with Gasteiger partial charge in [-0.05, 0) is 37.0 Å². The van der Waals surface area contributed by atoms with Crippen LogP contribution in [-0.4, -0.2) is 22.3 Å². The number of rotatable bonds is 1. The van der Waals surface area contributed by atoms with E-state index >= 15 is 0 Å². The average molecular weight is 296 g/mol. The smallest absolute Gasteiger partial charge is 0.323 e. The van der Waals surface area contributed by atoms with Crippen molar-refractivity contribution in [3.05, 3.63) is 40.1 Å². The first-order valence-electron chi connectivity index (χ1n) is 6.28. The summed E-state index contributed by atoms with van der Waals surface area (Å²) in [6, 6.07) is 2.15. The second-order valence-electron chi connectivity index (χ2n) is 4.97. The number of amides is 1. The van der Waals surface area contributed by atoms with Crippen molar-refractivity contribution in [2.75, 3.05) is 6.61 Å². The first kappa shape index (κ1) is 13.4. The predicted octanol–water partition coefficient (Wildman–Crippen LogP) is 2.42. The van der Waals surface area contributed by atoms with Gasteiger partial charge in [-0.1, -0.05) is 11.6 Å². The number of nitrogens with two attached hydrogens (primary N) is 1. The summed E-state index contributed by atoms with van der Waals surface area (Å²) >= 11 is 5.80. The highest BCUT2D eigenvalue weighted by molar-refractivity contribution is 6.31. The Hall–Kier alpha value is -1.59. The van der Waals surface area contributed by atoms with Gasteiger partial charge in [0.2, 0.25) is 0 Å². The van der Waals surface area contributed by atoms with Crippen LogP contribution in [0.15, 0.2) is 12.1 Å². The maximum absolute atomic E-state index is 13.7. The van der Waals surface area contributed by atoms with E-state index in [-0.39, 0.29) is 11.6 Å². The molecule has 1 aliphatic carbocycles. The molecular formula is C14H13ClFN2O2. The van der Waals surface area contributed by atoms with E-state index < -0.39 is 11.8 Å². The van der Waals surface area contributed by atoms with Crippen molar-refractivity contribution >= 4 is 28.5 Å². The van der Waals surface area contributed by atoms with E-state index in [1.807, 2.05) is 0 Å². The Morgan fingerprint density at radius 1 is 1.45 bits per heavy atom. The molecule has 0 fully saturated rings. The molecular weight excluding hydrogens is 283 g/mol. The van der Waals surface area contributed by atoms with Crippen LogP contribution in [0.1, 0.15) is 17.7 Å². The van der Waals surface area contributed by atoms with Gasteiger partial charge >= 0.3 is 6.03 Å². The highest BCUT2D eigenvalue weighted by Crippen LogP contribution is 2.36. The Balaban J connectivity index is 2.32. The lowest BCUT2D eigenvalue weighted by atomic mass is 9.87. The molecule has 20 heavy (non-hydrogen) atoms. The van der Waals surface area contributed by atoms with Crippen molar-refractivity contribution in [2.45, 2.75) is 19.3 Å². The van der Waals surface area contributed by atoms with Gasteiger partial charge in [-0.2, -0.15) is 0 Å². The second-order valence-corrected chi connectivity index (χ2v) is 5.37. The molecule has 2 aromatic rings. The Labute approximate surface area is 119 Å². The molecule has 0 saturated heterocycles. The number of carbonyl (C=O) groups excluding carboxylic acids is 1. The van der Waals surface area contributed by atoms with E-state index in [4.69, 9.17) is 17.3 Å². The molecule has 1 heterocycles. The molecule has 1 aromatic heterocycles. The van der Waals surface area contributed by atoms with Gasteiger partial charge in [0.15, 0.2) is 0 Å². The minimum Gasteiger partial charge on any atom is -0.396 e. The van der Waals surface area contributed by atoms with Crippen LogP contribution < -0.4 is 5.73 Å². The quantitative estimate of drug-likeness (QED) is 0.848. The van der Waals surface area contributed by atoms with E-state index in [1.54, 1.807) is 0 Å². The van der Waals surface area contributed by atoms with Crippen LogP contribution in [0.2, 0.25) is 5.02 Å². The van der Waals surface area contributed by atoms with E-state index in [9.17, 15) is 14.3 Å². The van der Waals surface area contributed by atoms with Gasteiger partial charge in [0.25, 0.3) is 0 Å². The molecule has 0 saturated carbocycles. The Morgan fingerprint density at radius 2 is 2.20 bits per heavy atom. The van der Waals surface area contributed by atoms with Crippen LogP contribution in [0, 0.1) is 11.7 Å². The molecule has 1 radical (unpaired) electrons. The number of halogens is 2. The number of aromatic nitrogens is 1. The molecule has 1 amide bonds. The molecule has 0 bridgehead atoms. The third-order valence-corrected chi connectivity index (χ3v) is 4.10. The largest absolute Gasteiger partial charge is 0.396 e. The fourth-order valence-electron chi connectivity index (χ4n) is 2.88. The summed E-state index contributed by atoms with van der Waals surface area (Å²) in [7, 11) is 0. The Bertz CT molecular complexity index is 711. The molecule has 3 rings (SSSR count). The highest BCUT2D eigenvalue weighted by Gasteiger charge is 2.27. The molecule has 4 nitrogen and oxygen atoms in total. The number of hydrogen-bond donors (Lipinski definition) is 2. The van der Waals surface area contributed by atoms with Crippen LogP contribution in [0.4, 0.5) is 9.18 Å². The molecule has 3 N–H and O–H groups in total. The molecule has 1 aromatic carbocycles. The van der Waals surface area contributed by atoms with Crippen molar-refractivity contribution in [3.63, 3.8) is 0 Å². The fraction of sp³-hybridized carbons (Fsp3) is 0.286. The third kappa shape index (κ3) is 1.89. The normalized spacial score (nSPS) is 15.6. The number of nitrogens with zero attached hydrogens (tertiary/aromatic N) is 1. The topological polar surface area (TPSA) is 68.2 Å². The standard InChI is InChI=1S/C14H13ClFN2O2/c15-10-5-13-9(4-11(10)16)8-3-7(6-19)1-2-12(8)18(13)14(17)20/h4-5,19H,1-3,6H2,(H2,17,20). The lowest BCUT2D eigenvalue weighted by Crippen LogP contribution is -2.24. The van der Waals surface area contributed by atoms with E-state index in [0.29, 0.717) is 30.2 Å². The molecule has 0 spiro atoms. The van der Waals surface area contributed by atoms with E-state index in [0.717, 1.165) is 17.2 Å². The summed E-state index contributed by atoms with van der Waals surface area (Å²) in [5.74, 6) is 0.441. The van der Waals surface area contributed by atoms with Gasteiger partial charge in [0.05, 0.1) is 10.5 Å². The zero-order chi connectivity index (χ0) is 14.4. The lowest BCUT2D eigenvalue weighted by Gasteiger charge is -2.20. The second kappa shape index (κ2) is 4.75. The molecule has 0 unspecified atom stereocenters. The van der Waals surface area contributed by atoms with Crippen molar-refractivity contribution in [2.24, 2.45) is 5.73 Å². The van der Waals surface area contributed by atoms with Crippen molar-refractivity contribution in [1.82, 2.24) is 4.57 Å². The van der Waals surface area contributed by atoms with Crippen molar-refractivity contribution in [1.29, 1.82) is 0 Å². The van der Waals surface area contributed by atoms with E-state index in [1.165, 1.54) is 16.7 Å². The highest BCUT2D eigenvalue weighted by atomic mass is 35.5. The summed E-state index contributed by atoms with van der Waals surface area (Å²) in [6.45, 7) is -0.00123. The SMILES string of the molecule is NC(=O)n1c2c(c3cc(F)c(Cl)cc31)C[C](CO)CC2. The number of aliphatic hydroxyl groups excluding tert-OH is 1. The van der Waals surface area contributed by atoms with Crippen LogP contribution in [0.5, 0.6) is 0 Å². The number of hydrogen-bond acceptors (Lipinski definition) is 2. The first-order chi connectivity index (χ1) is 9.52. The molecule has 1 aliphatic rings. The van der Waals surface area contributed by atoms with Crippen LogP contribution >= 0.6 is 11.6 Å². The summed E-state index contributed by atoms with van der Waals surface area (Å²) in [4.78, 5) is 11.7. The van der Waals surface area contributed by atoms with Crippen molar-refractivity contribution < 1.29 is 14.3 Å². The Morgan fingerprint density at radius 3 is 2.85 bits per heavy atom. The minimum atomic E-state index is -0.605. The zero-order valence-electron chi connectivity index (χ0n) is 10.6. The molecule has 0 atom stereocenters. The van der Waals surface area contributed by atoms with Gasteiger partial charge in [-0.15, -0.1) is 0 Å². The monoisotopic (exact) mass is 295 g/mol. The number of primary amides is 1. The van der Waals surface area contributed by atoms with Crippen LogP contribution in [-0.2, 0) is 12.8 Å². The minimum absolute atomic E-state index is 0.00123. The third-order valence-electron chi connectivity index (χ3n) is 3.81. The maximum atomic E-state index is 13.7.